The van der Waals surface area contributed by atoms with E-state index in [4.69, 9.17) is 9.47 Å². The first-order valence-corrected chi connectivity index (χ1v) is 13.7. The molecule has 2 aliphatic heterocycles. The zero-order chi connectivity index (χ0) is 26.9. The third kappa shape index (κ3) is 4.74. The van der Waals surface area contributed by atoms with Crippen molar-refractivity contribution in [1.82, 2.24) is 24.7 Å². The van der Waals surface area contributed by atoms with Crippen molar-refractivity contribution in [2.24, 2.45) is 0 Å². The Bertz CT molecular complexity index is 1310. The summed E-state index contributed by atoms with van der Waals surface area (Å²) >= 11 is 0. The molecule has 38 heavy (non-hydrogen) atoms. The third-order valence-corrected chi connectivity index (χ3v) is 8.68. The van der Waals surface area contributed by atoms with Gasteiger partial charge in [0, 0.05) is 68.9 Å². The maximum Gasteiger partial charge on any atom is 0.126 e. The molecule has 7 nitrogen and oxygen atoms in total. The summed E-state index contributed by atoms with van der Waals surface area (Å²) in [4.78, 5) is 16.7. The quantitative estimate of drug-likeness (QED) is 0.436. The van der Waals surface area contributed by atoms with E-state index in [-0.39, 0.29) is 11.5 Å². The smallest absolute Gasteiger partial charge is 0.126 e. The van der Waals surface area contributed by atoms with Gasteiger partial charge in [0.2, 0.25) is 0 Å². The minimum Gasteiger partial charge on any atom is -0.497 e. The van der Waals surface area contributed by atoms with Gasteiger partial charge in [-0.3, -0.25) is 19.8 Å². The molecule has 0 amide bonds. The van der Waals surface area contributed by atoms with E-state index in [0.717, 1.165) is 68.1 Å². The van der Waals surface area contributed by atoms with Gasteiger partial charge in [0.15, 0.2) is 0 Å². The molecular weight excluding hydrogens is 474 g/mol. The SMILES string of the molecule is CCN(C)C1(C2=CC(C)c3c(cc(OC)cc3OC)CN2C)CCN(Cc2cccc3nccnc23)CC1. The second-order valence-electron chi connectivity index (χ2n) is 10.8. The van der Waals surface area contributed by atoms with Crippen LogP contribution in [0.5, 0.6) is 11.5 Å². The predicted molar refractivity (Wildman–Crippen MR) is 153 cm³/mol. The van der Waals surface area contributed by atoms with Gasteiger partial charge < -0.3 is 14.4 Å². The molecular formula is C31H41N5O2. The van der Waals surface area contributed by atoms with Crippen molar-refractivity contribution in [2.75, 3.05) is 47.9 Å². The molecule has 5 rings (SSSR count). The van der Waals surface area contributed by atoms with Crippen LogP contribution in [0.15, 0.2) is 54.5 Å². The molecule has 0 saturated carbocycles. The van der Waals surface area contributed by atoms with Crippen LogP contribution >= 0.6 is 0 Å². The topological polar surface area (TPSA) is 54.0 Å². The highest BCUT2D eigenvalue weighted by Crippen LogP contribution is 2.44. The van der Waals surface area contributed by atoms with E-state index in [2.05, 4.69) is 76.9 Å². The zero-order valence-electron chi connectivity index (χ0n) is 23.7. The number of para-hydroxylation sites is 1. The molecule has 0 N–H and O–H groups in total. The largest absolute Gasteiger partial charge is 0.497 e. The van der Waals surface area contributed by atoms with Crippen molar-refractivity contribution in [1.29, 1.82) is 0 Å². The first-order chi connectivity index (χ1) is 18.4. The molecule has 0 spiro atoms. The summed E-state index contributed by atoms with van der Waals surface area (Å²) in [6, 6.07) is 10.5. The summed E-state index contributed by atoms with van der Waals surface area (Å²) in [7, 11) is 8.01. The fourth-order valence-electron chi connectivity index (χ4n) is 6.53. The van der Waals surface area contributed by atoms with E-state index >= 15 is 0 Å². The minimum absolute atomic E-state index is 0.0216. The standard InChI is InChI=1S/C31H41N5O2/c1-7-35(4)31(11-15-36(16-12-31)21-23-9-8-10-26-30(23)33-14-13-32-26)28-17-22(2)29-24(20-34(28)3)18-25(37-5)19-27(29)38-6/h8-10,13-14,17-19,22H,7,11-12,15-16,20-21H2,1-6H3. The second-order valence-corrected chi connectivity index (χ2v) is 10.8. The number of benzene rings is 2. The molecule has 0 bridgehead atoms. The number of hydrogen-bond acceptors (Lipinski definition) is 7. The van der Waals surface area contributed by atoms with E-state index in [0.29, 0.717) is 0 Å². The average molecular weight is 516 g/mol. The van der Waals surface area contributed by atoms with Crippen LogP contribution in [-0.4, -0.2) is 78.2 Å². The molecule has 1 saturated heterocycles. The summed E-state index contributed by atoms with van der Waals surface area (Å²) in [6.45, 7) is 9.36. The molecule has 202 valence electrons. The van der Waals surface area contributed by atoms with Crippen LogP contribution in [0.25, 0.3) is 11.0 Å². The number of likely N-dealkylation sites (N-methyl/N-ethyl adjacent to an activating group) is 2. The van der Waals surface area contributed by atoms with E-state index in [1.54, 1.807) is 26.6 Å². The maximum atomic E-state index is 5.84. The van der Waals surface area contributed by atoms with Gasteiger partial charge in [-0.15, -0.1) is 0 Å². The van der Waals surface area contributed by atoms with Gasteiger partial charge in [-0.05, 0) is 49.7 Å². The Hall–Kier alpha value is -3.16. The van der Waals surface area contributed by atoms with E-state index < -0.39 is 0 Å². The van der Waals surface area contributed by atoms with Gasteiger partial charge in [-0.2, -0.15) is 0 Å². The van der Waals surface area contributed by atoms with Crippen molar-refractivity contribution in [3.63, 3.8) is 0 Å². The van der Waals surface area contributed by atoms with Gasteiger partial charge in [0.25, 0.3) is 0 Å². The molecule has 7 heteroatoms. The number of rotatable bonds is 7. The highest BCUT2D eigenvalue weighted by molar-refractivity contribution is 5.77. The molecule has 2 aromatic carbocycles. The van der Waals surface area contributed by atoms with Gasteiger partial charge in [0.1, 0.15) is 11.5 Å². The average Bonchev–Trinajstić information content (AvgIpc) is 3.08. The van der Waals surface area contributed by atoms with Crippen LogP contribution in [0.1, 0.15) is 49.3 Å². The van der Waals surface area contributed by atoms with Crippen molar-refractivity contribution in [3.05, 3.63) is 71.2 Å². The fraction of sp³-hybridized carbons (Fsp3) is 0.484. The van der Waals surface area contributed by atoms with Crippen molar-refractivity contribution < 1.29 is 9.47 Å². The molecule has 1 atom stereocenters. The molecule has 1 fully saturated rings. The number of fused-ring (bicyclic) bond motifs is 2. The highest BCUT2D eigenvalue weighted by Gasteiger charge is 2.43. The van der Waals surface area contributed by atoms with Gasteiger partial charge in [0.05, 0.1) is 30.8 Å². The Labute approximate surface area is 227 Å². The Morgan fingerprint density at radius 1 is 1.08 bits per heavy atom. The third-order valence-electron chi connectivity index (χ3n) is 8.68. The lowest BCUT2D eigenvalue weighted by atomic mass is 9.80. The molecule has 3 heterocycles. The first-order valence-electron chi connectivity index (χ1n) is 13.7. The van der Waals surface area contributed by atoms with Crippen molar-refractivity contribution >= 4 is 11.0 Å². The van der Waals surface area contributed by atoms with Gasteiger partial charge in [-0.25, -0.2) is 0 Å². The normalized spacial score (nSPS) is 19.7. The monoisotopic (exact) mass is 515 g/mol. The number of likely N-dealkylation sites (tertiary alicyclic amines) is 1. The van der Waals surface area contributed by atoms with Crippen LogP contribution < -0.4 is 9.47 Å². The number of piperidine rings is 1. The number of ether oxygens (including phenoxy) is 2. The van der Waals surface area contributed by atoms with Gasteiger partial charge in [-0.1, -0.05) is 32.1 Å². The Morgan fingerprint density at radius 3 is 2.55 bits per heavy atom. The summed E-state index contributed by atoms with van der Waals surface area (Å²) in [5.41, 5.74) is 7.16. The summed E-state index contributed by atoms with van der Waals surface area (Å²) in [5.74, 6) is 1.99. The van der Waals surface area contributed by atoms with E-state index in [1.807, 2.05) is 12.1 Å². The van der Waals surface area contributed by atoms with Crippen LogP contribution in [0, 0.1) is 0 Å². The molecule has 2 aliphatic rings. The molecule has 3 aromatic rings. The first kappa shape index (κ1) is 26.4. The number of allylic oxidation sites excluding steroid dienone is 1. The lowest BCUT2D eigenvalue weighted by molar-refractivity contribution is 0.0462. The highest BCUT2D eigenvalue weighted by atomic mass is 16.5. The zero-order valence-corrected chi connectivity index (χ0v) is 23.7. The number of hydrogen-bond donors (Lipinski definition) is 0. The summed E-state index contributed by atoms with van der Waals surface area (Å²) < 4.78 is 11.4. The van der Waals surface area contributed by atoms with E-state index in [1.165, 1.54) is 22.4 Å². The predicted octanol–water partition coefficient (Wildman–Crippen LogP) is 5.07. The molecule has 1 aromatic heterocycles. The molecule has 0 aliphatic carbocycles. The maximum absolute atomic E-state index is 5.84. The van der Waals surface area contributed by atoms with Crippen LogP contribution in [-0.2, 0) is 13.1 Å². The van der Waals surface area contributed by atoms with E-state index in [9.17, 15) is 0 Å². The summed E-state index contributed by atoms with van der Waals surface area (Å²) in [6.07, 6.45) is 8.20. The van der Waals surface area contributed by atoms with Crippen LogP contribution in [0.2, 0.25) is 0 Å². The molecule has 1 unspecified atom stereocenters. The number of nitrogens with zero attached hydrogens (tertiary/aromatic N) is 5. The minimum atomic E-state index is -0.0216. The number of methoxy groups -OCH3 is 2. The van der Waals surface area contributed by atoms with Crippen LogP contribution in [0.3, 0.4) is 0 Å². The Balaban J connectivity index is 1.43. The lowest BCUT2D eigenvalue weighted by Crippen LogP contribution is -2.57. The Kier molecular flexibility index (Phi) is 7.59. The Morgan fingerprint density at radius 2 is 1.84 bits per heavy atom. The number of aromatic nitrogens is 2. The van der Waals surface area contributed by atoms with Crippen LogP contribution in [0.4, 0.5) is 0 Å². The van der Waals surface area contributed by atoms with Crippen molar-refractivity contribution in [2.45, 2.75) is 51.2 Å². The second kappa shape index (κ2) is 10.9. The van der Waals surface area contributed by atoms with Crippen molar-refractivity contribution in [3.8, 4) is 11.5 Å². The fourth-order valence-corrected chi connectivity index (χ4v) is 6.53. The summed E-state index contributed by atoms with van der Waals surface area (Å²) in [5, 5.41) is 0. The molecule has 0 radical (unpaired) electrons. The van der Waals surface area contributed by atoms with Gasteiger partial charge >= 0.3 is 0 Å². The lowest BCUT2D eigenvalue weighted by Gasteiger charge is -2.51.